The molecular weight excluding hydrogens is 407 g/mol. The number of hydrogen-bond acceptors (Lipinski definition) is 5. The first-order valence-corrected chi connectivity index (χ1v) is 11.6. The van der Waals surface area contributed by atoms with Gasteiger partial charge in [0.25, 0.3) is 10.0 Å². The van der Waals surface area contributed by atoms with Crippen LogP contribution in [0.25, 0.3) is 0 Å². The van der Waals surface area contributed by atoms with Crippen molar-refractivity contribution in [1.82, 2.24) is 4.72 Å². The van der Waals surface area contributed by atoms with E-state index in [2.05, 4.69) is 9.71 Å². The summed E-state index contributed by atoms with van der Waals surface area (Å²) in [6.07, 6.45) is 3.65. The summed E-state index contributed by atoms with van der Waals surface area (Å²) in [5, 5.41) is 0. The molecule has 1 N–H and O–H groups in total. The zero-order valence-electron chi connectivity index (χ0n) is 16.4. The number of carbonyl (C=O) groups is 1. The van der Waals surface area contributed by atoms with Gasteiger partial charge in [-0.25, -0.2) is 12.8 Å². The van der Waals surface area contributed by atoms with E-state index in [0.717, 1.165) is 30.4 Å². The van der Waals surface area contributed by atoms with E-state index in [1.165, 1.54) is 12.1 Å². The minimum absolute atomic E-state index is 0.249. The maximum Gasteiger partial charge on any atom is 0.306 e. The Morgan fingerprint density at radius 1 is 1.17 bits per heavy atom. The van der Waals surface area contributed by atoms with Crippen LogP contribution in [0.5, 0.6) is 0 Å². The number of nitrogens with zero attached hydrogens (tertiary/aromatic N) is 1. The van der Waals surface area contributed by atoms with Crippen LogP contribution in [0.15, 0.2) is 52.4 Å². The number of aryl methyl sites for hydroxylation is 1. The maximum atomic E-state index is 13.3. The van der Waals surface area contributed by atoms with Gasteiger partial charge in [0.1, 0.15) is 17.8 Å². The first-order chi connectivity index (χ1) is 14.4. The molecule has 1 heterocycles. The molecule has 0 fully saturated rings. The molecule has 1 atom stereocenters. The number of aliphatic imine (C=N–C) groups is 1. The van der Waals surface area contributed by atoms with Gasteiger partial charge < -0.3 is 4.74 Å². The number of amidine groups is 1. The molecule has 0 spiro atoms. The van der Waals surface area contributed by atoms with E-state index in [4.69, 9.17) is 4.74 Å². The molecule has 0 aromatic heterocycles. The third kappa shape index (κ3) is 4.38. The summed E-state index contributed by atoms with van der Waals surface area (Å²) in [4.78, 5) is 16.8. The third-order valence-electron chi connectivity index (χ3n) is 5.37. The summed E-state index contributed by atoms with van der Waals surface area (Å²) >= 11 is 0. The van der Waals surface area contributed by atoms with Crippen LogP contribution in [-0.4, -0.2) is 26.8 Å². The molecule has 1 aliphatic heterocycles. The quantitative estimate of drug-likeness (QED) is 0.537. The number of hydrogen-bond donors (Lipinski definition) is 1. The molecule has 6 nitrogen and oxygen atoms in total. The minimum Gasteiger partial charge on any atom is -0.457 e. The SMILES string of the molecule is O=C(CCCCCN=C1NS(=O)(=O)c2ccccc21)O[C@@H]1CCc2cc(F)ccc21. The Hall–Kier alpha value is -2.74. The first-order valence-electron chi connectivity index (χ1n) is 10.1. The van der Waals surface area contributed by atoms with Crippen molar-refractivity contribution in [2.45, 2.75) is 49.5 Å². The highest BCUT2D eigenvalue weighted by molar-refractivity contribution is 7.90. The fraction of sp³-hybridized carbons (Fsp3) is 0.364. The number of unbranched alkanes of at least 4 members (excludes halogenated alkanes) is 2. The van der Waals surface area contributed by atoms with Crippen LogP contribution >= 0.6 is 0 Å². The molecule has 0 unspecified atom stereocenters. The van der Waals surface area contributed by atoms with Crippen molar-refractivity contribution in [2.75, 3.05) is 6.54 Å². The van der Waals surface area contributed by atoms with Gasteiger partial charge >= 0.3 is 5.97 Å². The average molecular weight is 431 g/mol. The second-order valence-corrected chi connectivity index (χ2v) is 9.15. The van der Waals surface area contributed by atoms with Crippen molar-refractivity contribution < 1.29 is 22.3 Å². The van der Waals surface area contributed by atoms with Gasteiger partial charge in [0, 0.05) is 18.5 Å². The minimum atomic E-state index is -3.51. The summed E-state index contributed by atoms with van der Waals surface area (Å²) in [5.41, 5.74) is 2.41. The molecule has 4 rings (SSSR count). The molecule has 30 heavy (non-hydrogen) atoms. The van der Waals surface area contributed by atoms with E-state index in [0.29, 0.717) is 37.2 Å². The molecule has 2 aromatic rings. The van der Waals surface area contributed by atoms with Crippen molar-refractivity contribution in [3.8, 4) is 0 Å². The van der Waals surface area contributed by atoms with Crippen molar-refractivity contribution in [3.63, 3.8) is 0 Å². The number of nitrogens with one attached hydrogen (secondary N) is 1. The number of sulfonamides is 1. The van der Waals surface area contributed by atoms with Crippen LogP contribution < -0.4 is 4.72 Å². The number of rotatable bonds is 7. The second kappa shape index (κ2) is 8.55. The Bertz CT molecular complexity index is 1100. The van der Waals surface area contributed by atoms with Gasteiger partial charge in [-0.05, 0) is 61.1 Å². The van der Waals surface area contributed by atoms with Crippen LogP contribution in [-0.2, 0) is 26.0 Å². The van der Waals surface area contributed by atoms with Crippen molar-refractivity contribution in [2.24, 2.45) is 4.99 Å². The van der Waals surface area contributed by atoms with Crippen LogP contribution in [0, 0.1) is 5.82 Å². The lowest BCUT2D eigenvalue weighted by Crippen LogP contribution is -2.22. The molecule has 2 aromatic carbocycles. The molecule has 0 amide bonds. The van der Waals surface area contributed by atoms with Gasteiger partial charge in [0.2, 0.25) is 0 Å². The lowest BCUT2D eigenvalue weighted by Gasteiger charge is -2.13. The molecule has 0 saturated carbocycles. The highest BCUT2D eigenvalue weighted by Crippen LogP contribution is 2.34. The van der Waals surface area contributed by atoms with E-state index in [9.17, 15) is 17.6 Å². The van der Waals surface area contributed by atoms with E-state index < -0.39 is 10.0 Å². The standard InChI is InChI=1S/C22H23FN2O4S/c23-16-10-11-17-15(14-16)9-12-19(17)29-21(26)8-2-1-5-13-24-22-18-6-3-4-7-20(18)30(27,28)25-22/h3-4,6-7,10-11,14,19H,1-2,5,8-9,12-13H2,(H,24,25)/t19-/m1/s1. The number of ether oxygens (including phenoxy) is 1. The monoisotopic (exact) mass is 430 g/mol. The zero-order chi connectivity index (χ0) is 21.1. The molecule has 2 aliphatic rings. The average Bonchev–Trinajstić information content (AvgIpc) is 3.22. The fourth-order valence-corrected chi connectivity index (χ4v) is 5.14. The van der Waals surface area contributed by atoms with Crippen LogP contribution in [0.2, 0.25) is 0 Å². The molecular formula is C22H23FN2O4S. The topological polar surface area (TPSA) is 84.8 Å². The number of esters is 1. The summed E-state index contributed by atoms with van der Waals surface area (Å²) < 4.78 is 45.4. The zero-order valence-corrected chi connectivity index (χ0v) is 17.3. The van der Waals surface area contributed by atoms with E-state index >= 15 is 0 Å². The van der Waals surface area contributed by atoms with E-state index in [1.54, 1.807) is 30.3 Å². The maximum absolute atomic E-state index is 13.3. The predicted molar refractivity (Wildman–Crippen MR) is 110 cm³/mol. The highest BCUT2D eigenvalue weighted by Gasteiger charge is 2.30. The lowest BCUT2D eigenvalue weighted by molar-refractivity contribution is -0.149. The van der Waals surface area contributed by atoms with Crippen LogP contribution in [0.4, 0.5) is 4.39 Å². The Labute approximate surface area is 175 Å². The Morgan fingerprint density at radius 2 is 2.00 bits per heavy atom. The normalized spacial score (nSPS) is 19.9. The van der Waals surface area contributed by atoms with Gasteiger partial charge in [-0.3, -0.25) is 14.5 Å². The van der Waals surface area contributed by atoms with Crippen molar-refractivity contribution in [1.29, 1.82) is 0 Å². The van der Waals surface area contributed by atoms with Gasteiger partial charge in [-0.1, -0.05) is 24.6 Å². The summed E-state index contributed by atoms with van der Waals surface area (Å²) in [6, 6.07) is 11.4. The summed E-state index contributed by atoms with van der Waals surface area (Å²) in [6.45, 7) is 0.475. The van der Waals surface area contributed by atoms with Crippen molar-refractivity contribution >= 4 is 21.8 Å². The molecule has 0 saturated heterocycles. The number of carbonyl (C=O) groups excluding carboxylic acids is 1. The number of halogens is 1. The Morgan fingerprint density at radius 3 is 2.87 bits per heavy atom. The van der Waals surface area contributed by atoms with Crippen molar-refractivity contribution in [3.05, 3.63) is 65.0 Å². The van der Waals surface area contributed by atoms with Crippen LogP contribution in [0.3, 0.4) is 0 Å². The highest BCUT2D eigenvalue weighted by atomic mass is 32.2. The lowest BCUT2D eigenvalue weighted by atomic mass is 10.1. The summed E-state index contributed by atoms with van der Waals surface area (Å²) in [5.74, 6) is -0.138. The molecule has 0 bridgehead atoms. The van der Waals surface area contributed by atoms with E-state index in [1.807, 2.05) is 0 Å². The third-order valence-corrected chi connectivity index (χ3v) is 6.77. The molecule has 158 valence electrons. The van der Waals surface area contributed by atoms with Gasteiger partial charge in [-0.15, -0.1) is 0 Å². The Balaban J connectivity index is 1.20. The predicted octanol–water partition coefficient (Wildman–Crippen LogP) is 3.66. The number of fused-ring (bicyclic) bond motifs is 2. The smallest absolute Gasteiger partial charge is 0.306 e. The first kappa shape index (κ1) is 20.5. The second-order valence-electron chi connectivity index (χ2n) is 7.50. The fourth-order valence-electron chi connectivity index (χ4n) is 3.89. The molecule has 8 heteroatoms. The largest absolute Gasteiger partial charge is 0.457 e. The number of benzene rings is 2. The molecule has 1 aliphatic carbocycles. The Kier molecular flexibility index (Phi) is 5.85. The summed E-state index contributed by atoms with van der Waals surface area (Å²) in [7, 11) is -3.51. The molecule has 0 radical (unpaired) electrons. The van der Waals surface area contributed by atoms with Gasteiger partial charge in [0.15, 0.2) is 0 Å². The van der Waals surface area contributed by atoms with Crippen LogP contribution in [0.1, 0.15) is 54.9 Å². The van der Waals surface area contributed by atoms with Gasteiger partial charge in [0.05, 0.1) is 4.90 Å². The van der Waals surface area contributed by atoms with Gasteiger partial charge in [-0.2, -0.15) is 0 Å². The van der Waals surface area contributed by atoms with E-state index in [-0.39, 0.29) is 22.8 Å².